The van der Waals surface area contributed by atoms with Gasteiger partial charge in [0, 0.05) is 10.0 Å². The van der Waals surface area contributed by atoms with Crippen LogP contribution in [0.15, 0.2) is 41.0 Å². The minimum Gasteiger partial charge on any atom is -0.392 e. The van der Waals surface area contributed by atoms with Gasteiger partial charge in [0.15, 0.2) is 0 Å². The number of benzene rings is 1. The van der Waals surface area contributed by atoms with Crippen LogP contribution >= 0.6 is 15.9 Å². The lowest BCUT2D eigenvalue weighted by Gasteiger charge is -2.00. The van der Waals surface area contributed by atoms with Gasteiger partial charge in [-0.15, -0.1) is 5.73 Å². The first kappa shape index (κ1) is 8.12. The second-order valence-electron chi connectivity index (χ2n) is 2.07. The number of hydrogen-bond acceptors (Lipinski definition) is 1. The van der Waals surface area contributed by atoms with E-state index in [0.29, 0.717) is 5.70 Å². The highest BCUT2D eigenvalue weighted by atomic mass is 79.9. The van der Waals surface area contributed by atoms with E-state index in [1.54, 1.807) is 0 Å². The normalized spacial score (nSPS) is 8.82. The van der Waals surface area contributed by atoms with E-state index in [1.807, 2.05) is 24.3 Å². The van der Waals surface area contributed by atoms with Gasteiger partial charge in [-0.25, -0.2) is 0 Å². The summed E-state index contributed by atoms with van der Waals surface area (Å²) >= 11 is 3.37. The molecule has 0 saturated carbocycles. The zero-order chi connectivity index (χ0) is 8.27. The molecule has 11 heavy (non-hydrogen) atoms. The zero-order valence-corrected chi connectivity index (χ0v) is 7.56. The van der Waals surface area contributed by atoms with E-state index in [0.717, 1.165) is 10.0 Å². The molecule has 0 unspecified atom stereocenters. The third-order valence-corrected chi connectivity index (χ3v) is 2.05. The molecule has 0 bridgehead atoms. The van der Waals surface area contributed by atoms with Crippen LogP contribution in [0.25, 0.3) is 5.70 Å². The van der Waals surface area contributed by atoms with E-state index in [-0.39, 0.29) is 0 Å². The summed E-state index contributed by atoms with van der Waals surface area (Å²) < 4.78 is 0.966. The molecule has 0 saturated heterocycles. The molecular weight excluding hydrogens is 202 g/mol. The van der Waals surface area contributed by atoms with Crippen molar-refractivity contribution in [3.63, 3.8) is 0 Å². The Labute approximate surface area is 74.4 Å². The van der Waals surface area contributed by atoms with Gasteiger partial charge < -0.3 is 5.73 Å². The van der Waals surface area contributed by atoms with E-state index >= 15 is 0 Å². The number of hydrogen-bond donors (Lipinski definition) is 1. The van der Waals surface area contributed by atoms with Crippen LogP contribution in [-0.2, 0) is 0 Å². The second-order valence-corrected chi connectivity index (χ2v) is 2.92. The highest BCUT2D eigenvalue weighted by Crippen LogP contribution is 2.19. The predicted octanol–water partition coefficient (Wildman–Crippen LogP) is 2.53. The van der Waals surface area contributed by atoms with Crippen LogP contribution in [0.3, 0.4) is 0 Å². The lowest BCUT2D eigenvalue weighted by molar-refractivity contribution is 1.49. The van der Waals surface area contributed by atoms with Crippen LogP contribution in [0.4, 0.5) is 0 Å². The van der Waals surface area contributed by atoms with Crippen LogP contribution < -0.4 is 5.73 Å². The first-order valence-corrected chi connectivity index (χ1v) is 3.95. The van der Waals surface area contributed by atoms with Gasteiger partial charge >= 0.3 is 0 Å². The van der Waals surface area contributed by atoms with Crippen LogP contribution in [0.5, 0.6) is 0 Å². The van der Waals surface area contributed by atoms with Crippen molar-refractivity contribution in [3.8, 4) is 0 Å². The molecule has 0 aliphatic carbocycles. The molecular formula is C9H8BrN. The summed E-state index contributed by atoms with van der Waals surface area (Å²) in [5.74, 6) is 0. The first-order valence-electron chi connectivity index (χ1n) is 3.16. The van der Waals surface area contributed by atoms with Gasteiger partial charge in [-0.2, -0.15) is 0 Å². The van der Waals surface area contributed by atoms with E-state index in [9.17, 15) is 0 Å². The molecule has 2 heteroatoms. The summed E-state index contributed by atoms with van der Waals surface area (Å²) in [6.07, 6.45) is 0. The second kappa shape index (κ2) is 3.42. The quantitative estimate of drug-likeness (QED) is 0.708. The lowest BCUT2D eigenvalue weighted by Crippen LogP contribution is -1.94. The van der Waals surface area contributed by atoms with Crippen LogP contribution in [0.2, 0.25) is 0 Å². The van der Waals surface area contributed by atoms with E-state index in [4.69, 9.17) is 5.73 Å². The third kappa shape index (κ3) is 1.73. The Balaban J connectivity index is 3.24. The van der Waals surface area contributed by atoms with E-state index in [1.165, 1.54) is 0 Å². The minimum atomic E-state index is 0.567. The maximum Gasteiger partial charge on any atom is 0.0826 e. The SMILES string of the molecule is C=C=C(N)c1ccccc1Br. The van der Waals surface area contributed by atoms with Gasteiger partial charge in [-0.3, -0.25) is 0 Å². The average molecular weight is 210 g/mol. The summed E-state index contributed by atoms with van der Waals surface area (Å²) in [5.41, 5.74) is 9.74. The number of rotatable bonds is 1. The van der Waals surface area contributed by atoms with E-state index < -0.39 is 0 Å². The molecule has 0 fully saturated rings. The maximum atomic E-state index is 5.61. The van der Waals surface area contributed by atoms with Crippen LogP contribution in [0.1, 0.15) is 5.56 Å². The Kier molecular flexibility index (Phi) is 2.53. The average Bonchev–Trinajstić information content (AvgIpc) is 2.04. The smallest absolute Gasteiger partial charge is 0.0826 e. The predicted molar refractivity (Wildman–Crippen MR) is 50.9 cm³/mol. The minimum absolute atomic E-state index is 0.567. The Morgan fingerprint density at radius 1 is 1.45 bits per heavy atom. The summed E-state index contributed by atoms with van der Waals surface area (Å²) in [6.45, 7) is 3.47. The molecule has 0 aliphatic heterocycles. The van der Waals surface area contributed by atoms with E-state index in [2.05, 4.69) is 28.2 Å². The fourth-order valence-electron chi connectivity index (χ4n) is 0.775. The van der Waals surface area contributed by atoms with Gasteiger partial charge in [0.25, 0.3) is 0 Å². The van der Waals surface area contributed by atoms with Gasteiger partial charge in [-0.05, 0) is 6.07 Å². The van der Waals surface area contributed by atoms with Crippen LogP contribution in [0, 0.1) is 0 Å². The molecule has 0 heterocycles. The van der Waals surface area contributed by atoms with Crippen molar-refractivity contribution in [2.75, 3.05) is 0 Å². The first-order chi connectivity index (χ1) is 5.25. The van der Waals surface area contributed by atoms with Crippen molar-refractivity contribution < 1.29 is 0 Å². The highest BCUT2D eigenvalue weighted by molar-refractivity contribution is 9.10. The van der Waals surface area contributed by atoms with Crippen molar-refractivity contribution in [1.29, 1.82) is 0 Å². The fraction of sp³-hybridized carbons (Fsp3) is 0. The molecule has 0 amide bonds. The summed E-state index contributed by atoms with van der Waals surface area (Å²) in [7, 11) is 0. The van der Waals surface area contributed by atoms with Crippen molar-refractivity contribution in [3.05, 3.63) is 46.6 Å². The van der Waals surface area contributed by atoms with Crippen molar-refractivity contribution in [2.24, 2.45) is 5.73 Å². The molecule has 1 nitrogen and oxygen atoms in total. The molecule has 1 aromatic carbocycles. The topological polar surface area (TPSA) is 26.0 Å². The molecule has 0 spiro atoms. The molecule has 0 atom stereocenters. The number of halogens is 1. The Hall–Kier alpha value is -0.980. The molecule has 0 aliphatic rings. The Morgan fingerprint density at radius 2 is 2.09 bits per heavy atom. The monoisotopic (exact) mass is 209 g/mol. The highest BCUT2D eigenvalue weighted by Gasteiger charge is 1.98. The zero-order valence-electron chi connectivity index (χ0n) is 5.97. The standard InChI is InChI=1S/C9H8BrN/c1-2-9(11)7-5-3-4-6-8(7)10/h3-6H,1,11H2. The molecule has 0 aromatic heterocycles. The molecule has 0 radical (unpaired) electrons. The molecule has 56 valence electrons. The Bertz CT molecular complexity index is 311. The van der Waals surface area contributed by atoms with Gasteiger partial charge in [0.2, 0.25) is 0 Å². The largest absolute Gasteiger partial charge is 0.392 e. The maximum absolute atomic E-state index is 5.61. The summed E-state index contributed by atoms with van der Waals surface area (Å²) in [5, 5.41) is 0. The van der Waals surface area contributed by atoms with Gasteiger partial charge in [0.05, 0.1) is 5.70 Å². The van der Waals surface area contributed by atoms with Gasteiger partial charge in [0.1, 0.15) is 0 Å². The van der Waals surface area contributed by atoms with Crippen molar-refractivity contribution in [2.45, 2.75) is 0 Å². The Morgan fingerprint density at radius 3 is 2.64 bits per heavy atom. The van der Waals surface area contributed by atoms with Gasteiger partial charge in [-0.1, -0.05) is 40.7 Å². The fourth-order valence-corrected chi connectivity index (χ4v) is 1.27. The van der Waals surface area contributed by atoms with Crippen molar-refractivity contribution in [1.82, 2.24) is 0 Å². The molecule has 2 N–H and O–H groups in total. The van der Waals surface area contributed by atoms with Crippen LogP contribution in [-0.4, -0.2) is 0 Å². The lowest BCUT2D eigenvalue weighted by atomic mass is 10.2. The number of nitrogens with two attached hydrogens (primary N) is 1. The van der Waals surface area contributed by atoms with Crippen molar-refractivity contribution >= 4 is 21.6 Å². The molecule has 1 aromatic rings. The third-order valence-electron chi connectivity index (χ3n) is 1.35. The summed E-state index contributed by atoms with van der Waals surface area (Å²) in [6, 6.07) is 7.70. The molecule has 1 rings (SSSR count). The summed E-state index contributed by atoms with van der Waals surface area (Å²) in [4.78, 5) is 0.